The Morgan fingerprint density at radius 1 is 1.26 bits per heavy atom. The number of hydrogen-bond donors (Lipinski definition) is 1. The highest BCUT2D eigenvalue weighted by molar-refractivity contribution is 9.10. The van der Waals surface area contributed by atoms with Crippen LogP contribution in [0, 0.1) is 5.92 Å². The minimum atomic E-state index is -0.413. The molecule has 5 rings (SSSR count). The zero-order valence-electron chi connectivity index (χ0n) is 21.1. The number of carbonyl (C=O) groups excluding carboxylic acids is 1. The average Bonchev–Trinajstić information content (AvgIpc) is 3.28. The number of amides is 1. The molecule has 0 aliphatic heterocycles. The van der Waals surface area contributed by atoms with Gasteiger partial charge in [0.1, 0.15) is 18.0 Å². The Labute approximate surface area is 232 Å². The molecule has 10 heteroatoms. The van der Waals surface area contributed by atoms with Gasteiger partial charge in [0.05, 0.1) is 25.0 Å². The van der Waals surface area contributed by atoms with Crippen LogP contribution in [-0.2, 0) is 30.8 Å². The van der Waals surface area contributed by atoms with Crippen molar-refractivity contribution in [1.29, 1.82) is 0 Å². The molecule has 2 heterocycles. The molecule has 1 aliphatic rings. The number of aromatic nitrogens is 2. The monoisotopic (exact) mass is 594 g/mol. The number of thiophene rings is 1. The van der Waals surface area contributed by atoms with Gasteiger partial charge in [0, 0.05) is 9.35 Å². The highest BCUT2D eigenvalue weighted by Gasteiger charge is 2.23. The van der Waals surface area contributed by atoms with Crippen molar-refractivity contribution in [2.45, 2.75) is 39.3 Å². The standard InChI is InChI=1S/C28H27BrN4O4S/c1-17-3-9-21-24(11-17)38-27-26(21)28(35)33(16-30-27)14-25(34)32-31-13-19-6-10-22(23(12-19)36-2)37-15-18-4-7-20(29)8-5-18/h4-8,10,12-13,16-17H,3,9,11,14-15H2,1-2H3,(H,32,34). The molecule has 2 aromatic carbocycles. The number of nitrogens with zero attached hydrogens (tertiary/aromatic N) is 3. The minimum absolute atomic E-state index is 0.160. The van der Waals surface area contributed by atoms with Crippen LogP contribution in [0.2, 0.25) is 0 Å². The molecule has 0 radical (unpaired) electrons. The van der Waals surface area contributed by atoms with Crippen molar-refractivity contribution in [2.24, 2.45) is 11.0 Å². The lowest BCUT2D eigenvalue weighted by atomic mass is 9.89. The first-order valence-electron chi connectivity index (χ1n) is 12.3. The molecule has 1 N–H and O–H groups in total. The summed E-state index contributed by atoms with van der Waals surface area (Å²) in [7, 11) is 1.57. The van der Waals surface area contributed by atoms with Gasteiger partial charge in [-0.05, 0) is 72.2 Å². The molecule has 0 fully saturated rings. The quantitative estimate of drug-likeness (QED) is 0.227. The van der Waals surface area contributed by atoms with Crippen LogP contribution in [0.3, 0.4) is 0 Å². The minimum Gasteiger partial charge on any atom is -0.493 e. The van der Waals surface area contributed by atoms with Crippen LogP contribution in [0.5, 0.6) is 11.5 Å². The Hall–Kier alpha value is -3.50. The van der Waals surface area contributed by atoms with E-state index in [2.05, 4.69) is 38.4 Å². The van der Waals surface area contributed by atoms with Gasteiger partial charge in [-0.1, -0.05) is 35.0 Å². The summed E-state index contributed by atoms with van der Waals surface area (Å²) in [6.07, 6.45) is 5.88. The van der Waals surface area contributed by atoms with Crippen LogP contribution in [0.25, 0.3) is 10.2 Å². The predicted octanol–water partition coefficient (Wildman–Crippen LogP) is 5.08. The van der Waals surface area contributed by atoms with Gasteiger partial charge in [0.2, 0.25) is 0 Å². The van der Waals surface area contributed by atoms with Crippen LogP contribution in [-0.4, -0.2) is 28.8 Å². The van der Waals surface area contributed by atoms with E-state index in [1.807, 2.05) is 30.3 Å². The second-order valence-electron chi connectivity index (χ2n) is 9.33. The SMILES string of the molecule is COc1cc(C=NNC(=O)Cn2cnc3sc4c(c3c2=O)CCC(C)C4)ccc1OCc1ccc(Br)cc1. The van der Waals surface area contributed by atoms with E-state index >= 15 is 0 Å². The molecule has 0 spiro atoms. The number of aryl methyl sites for hydroxylation is 1. The van der Waals surface area contributed by atoms with Crippen molar-refractivity contribution in [3.8, 4) is 11.5 Å². The third-order valence-corrected chi connectivity index (χ3v) is 8.19. The maximum Gasteiger partial charge on any atom is 0.262 e. The maximum atomic E-state index is 13.1. The van der Waals surface area contributed by atoms with Crippen molar-refractivity contribution in [3.05, 3.63) is 85.2 Å². The Morgan fingerprint density at radius 2 is 2.08 bits per heavy atom. The number of hydrazone groups is 1. The number of carbonyl (C=O) groups is 1. The van der Waals surface area contributed by atoms with Crippen molar-refractivity contribution >= 4 is 49.6 Å². The molecule has 0 saturated carbocycles. The van der Waals surface area contributed by atoms with Crippen LogP contribution in [0.4, 0.5) is 0 Å². The number of hydrogen-bond acceptors (Lipinski definition) is 7. The van der Waals surface area contributed by atoms with Gasteiger partial charge in [-0.2, -0.15) is 5.10 Å². The number of nitrogens with one attached hydrogen (secondary N) is 1. The van der Waals surface area contributed by atoms with Crippen molar-refractivity contribution in [1.82, 2.24) is 15.0 Å². The van der Waals surface area contributed by atoms with Gasteiger partial charge in [-0.15, -0.1) is 11.3 Å². The Morgan fingerprint density at radius 3 is 2.87 bits per heavy atom. The van der Waals surface area contributed by atoms with Crippen molar-refractivity contribution < 1.29 is 14.3 Å². The van der Waals surface area contributed by atoms with Gasteiger partial charge < -0.3 is 9.47 Å². The second-order valence-corrected chi connectivity index (χ2v) is 11.3. The van der Waals surface area contributed by atoms with E-state index in [-0.39, 0.29) is 12.1 Å². The summed E-state index contributed by atoms with van der Waals surface area (Å²) in [5.74, 6) is 1.35. The summed E-state index contributed by atoms with van der Waals surface area (Å²) in [5, 5.41) is 4.70. The summed E-state index contributed by atoms with van der Waals surface area (Å²) in [5.41, 5.74) is 5.17. The van der Waals surface area contributed by atoms with Gasteiger partial charge >= 0.3 is 0 Å². The smallest absolute Gasteiger partial charge is 0.262 e. The van der Waals surface area contributed by atoms with E-state index in [9.17, 15) is 9.59 Å². The lowest BCUT2D eigenvalue weighted by Crippen LogP contribution is -2.30. The molecule has 1 unspecified atom stereocenters. The first-order chi connectivity index (χ1) is 18.4. The highest BCUT2D eigenvalue weighted by Crippen LogP contribution is 2.35. The Bertz CT molecular complexity index is 1560. The summed E-state index contributed by atoms with van der Waals surface area (Å²) in [6.45, 7) is 2.47. The van der Waals surface area contributed by atoms with Gasteiger partial charge in [-0.3, -0.25) is 14.2 Å². The molecule has 2 aromatic heterocycles. The number of halogens is 1. The van der Waals surface area contributed by atoms with E-state index < -0.39 is 5.91 Å². The van der Waals surface area contributed by atoms with Crippen LogP contribution < -0.4 is 20.5 Å². The number of benzene rings is 2. The largest absolute Gasteiger partial charge is 0.493 e. The fraction of sp³-hybridized carbons (Fsp3) is 0.286. The zero-order valence-corrected chi connectivity index (χ0v) is 23.5. The van der Waals surface area contributed by atoms with Crippen LogP contribution in [0.15, 0.2) is 63.2 Å². The van der Waals surface area contributed by atoms with Gasteiger partial charge in [0.15, 0.2) is 11.5 Å². The van der Waals surface area contributed by atoms with Gasteiger partial charge in [-0.25, -0.2) is 10.4 Å². The average molecular weight is 596 g/mol. The molecule has 8 nitrogen and oxygen atoms in total. The molecule has 4 aromatic rings. The predicted molar refractivity (Wildman–Crippen MR) is 152 cm³/mol. The number of fused-ring (bicyclic) bond motifs is 3. The van der Waals surface area contributed by atoms with Crippen molar-refractivity contribution in [3.63, 3.8) is 0 Å². The highest BCUT2D eigenvalue weighted by atomic mass is 79.9. The molecule has 1 atom stereocenters. The normalized spacial score (nSPS) is 15.0. The maximum absolute atomic E-state index is 13.1. The van der Waals surface area contributed by atoms with E-state index in [4.69, 9.17) is 9.47 Å². The molecular formula is C28H27BrN4O4S. The van der Waals surface area contributed by atoms with E-state index in [1.165, 1.54) is 22.0 Å². The van der Waals surface area contributed by atoms with Gasteiger partial charge in [0.25, 0.3) is 11.5 Å². The Balaban J connectivity index is 1.21. The van der Waals surface area contributed by atoms with E-state index in [1.54, 1.807) is 30.6 Å². The third-order valence-electron chi connectivity index (χ3n) is 6.49. The van der Waals surface area contributed by atoms with Crippen LogP contribution >= 0.6 is 27.3 Å². The lowest BCUT2D eigenvalue weighted by Gasteiger charge is -2.17. The molecule has 1 aliphatic carbocycles. The first kappa shape index (κ1) is 26.1. The number of rotatable bonds is 8. The third kappa shape index (κ3) is 5.81. The summed E-state index contributed by atoms with van der Waals surface area (Å²) in [4.78, 5) is 32.1. The first-order valence-corrected chi connectivity index (χ1v) is 13.9. The molecule has 196 valence electrons. The van der Waals surface area contributed by atoms with E-state index in [0.717, 1.165) is 45.3 Å². The molecule has 0 bridgehead atoms. The topological polar surface area (TPSA) is 94.8 Å². The van der Waals surface area contributed by atoms with Crippen molar-refractivity contribution in [2.75, 3.05) is 7.11 Å². The second kappa shape index (κ2) is 11.5. The van der Waals surface area contributed by atoms with Crippen LogP contribution in [0.1, 0.15) is 34.9 Å². The fourth-order valence-electron chi connectivity index (χ4n) is 4.47. The summed E-state index contributed by atoms with van der Waals surface area (Å²) in [6, 6.07) is 13.3. The zero-order chi connectivity index (χ0) is 26.6. The Kier molecular flexibility index (Phi) is 7.90. The fourth-order valence-corrected chi connectivity index (χ4v) is 6.08. The number of ether oxygens (including phenoxy) is 2. The lowest BCUT2D eigenvalue weighted by molar-refractivity contribution is -0.121. The summed E-state index contributed by atoms with van der Waals surface area (Å²) >= 11 is 5.02. The molecule has 0 saturated heterocycles. The molecule has 38 heavy (non-hydrogen) atoms. The number of methoxy groups -OCH3 is 1. The van der Waals surface area contributed by atoms with E-state index in [0.29, 0.717) is 29.4 Å². The molecule has 1 amide bonds. The molecular weight excluding hydrogens is 568 g/mol. The summed E-state index contributed by atoms with van der Waals surface area (Å²) < 4.78 is 13.7.